The zero-order chi connectivity index (χ0) is 15.1. The van der Waals surface area contributed by atoms with Gasteiger partial charge >= 0.3 is 6.03 Å². The Bertz CT molecular complexity index is 464. The fourth-order valence-corrected chi connectivity index (χ4v) is 2.61. The van der Waals surface area contributed by atoms with Crippen molar-refractivity contribution in [1.29, 1.82) is 0 Å². The Morgan fingerprint density at radius 2 is 2.43 bits per heavy atom. The first kappa shape index (κ1) is 16.1. The summed E-state index contributed by atoms with van der Waals surface area (Å²) >= 11 is 5.93. The first-order chi connectivity index (χ1) is 10.2. The van der Waals surface area contributed by atoms with Gasteiger partial charge in [-0.3, -0.25) is 0 Å². The summed E-state index contributed by atoms with van der Waals surface area (Å²) in [4.78, 5) is 14.2. The summed E-state index contributed by atoms with van der Waals surface area (Å²) in [6, 6.07) is 7.40. The Morgan fingerprint density at radius 1 is 1.57 bits per heavy atom. The topological polar surface area (TPSA) is 53.6 Å². The number of hydrogen-bond acceptors (Lipinski definition) is 3. The lowest BCUT2D eigenvalue weighted by molar-refractivity contribution is 0.151. The van der Waals surface area contributed by atoms with Crippen molar-refractivity contribution >= 4 is 23.3 Å². The Kier molecular flexibility index (Phi) is 6.29. The molecule has 1 fully saturated rings. The van der Waals surface area contributed by atoms with Crippen LogP contribution in [0.5, 0.6) is 0 Å². The molecule has 0 aliphatic carbocycles. The molecule has 1 aliphatic rings. The normalized spacial score (nSPS) is 17.7. The van der Waals surface area contributed by atoms with Crippen molar-refractivity contribution in [2.45, 2.75) is 18.9 Å². The van der Waals surface area contributed by atoms with Crippen LogP contribution in [0.15, 0.2) is 24.3 Å². The van der Waals surface area contributed by atoms with Crippen LogP contribution < -0.4 is 10.6 Å². The van der Waals surface area contributed by atoms with Crippen molar-refractivity contribution in [3.8, 4) is 0 Å². The van der Waals surface area contributed by atoms with Crippen LogP contribution in [0, 0.1) is 0 Å². The molecule has 1 aromatic rings. The number of ether oxygens (including phenoxy) is 1. The second-order valence-electron chi connectivity index (χ2n) is 5.17. The number of benzene rings is 1. The number of nitrogens with one attached hydrogen (secondary N) is 2. The van der Waals surface area contributed by atoms with Crippen LogP contribution in [0.1, 0.15) is 12.8 Å². The largest absolute Gasteiger partial charge is 0.383 e. The molecule has 116 valence electrons. The van der Waals surface area contributed by atoms with Crippen molar-refractivity contribution in [2.75, 3.05) is 38.7 Å². The Labute approximate surface area is 130 Å². The summed E-state index contributed by atoms with van der Waals surface area (Å²) in [6.07, 6.45) is 2.27. The molecule has 1 unspecified atom stereocenters. The summed E-state index contributed by atoms with van der Waals surface area (Å²) in [5, 5.41) is 6.90. The fraction of sp³-hybridized carbons (Fsp3) is 0.533. The van der Waals surface area contributed by atoms with Crippen LogP contribution in [0.3, 0.4) is 0 Å². The average molecular weight is 312 g/mol. The molecule has 0 spiro atoms. The molecule has 0 radical (unpaired) electrons. The van der Waals surface area contributed by atoms with Crippen LogP contribution in [-0.2, 0) is 4.74 Å². The highest BCUT2D eigenvalue weighted by Crippen LogP contribution is 2.16. The molecule has 0 bridgehead atoms. The number of hydrogen-bond donors (Lipinski definition) is 2. The number of amides is 2. The SMILES string of the molecule is COCCN(CC1CCCN1)C(=O)Nc1cccc(Cl)c1. The number of rotatable bonds is 6. The number of nitrogens with zero attached hydrogens (tertiary/aromatic N) is 1. The molecule has 6 heteroatoms. The van der Waals surface area contributed by atoms with Crippen LogP contribution in [-0.4, -0.2) is 50.3 Å². The molecular formula is C15H22ClN3O2. The van der Waals surface area contributed by atoms with Gasteiger partial charge in [0.15, 0.2) is 0 Å². The molecule has 1 saturated heterocycles. The molecular weight excluding hydrogens is 290 g/mol. The van der Waals surface area contributed by atoms with Crippen molar-refractivity contribution in [3.05, 3.63) is 29.3 Å². The van der Waals surface area contributed by atoms with E-state index in [1.807, 2.05) is 12.1 Å². The molecule has 5 nitrogen and oxygen atoms in total. The van der Waals surface area contributed by atoms with Gasteiger partial charge in [-0.25, -0.2) is 4.79 Å². The standard InChI is InChI=1S/C15H22ClN3O2/c1-21-9-8-19(11-14-6-3-7-17-14)15(20)18-13-5-2-4-12(16)10-13/h2,4-5,10,14,17H,3,6-9,11H2,1H3,(H,18,20). The Hall–Kier alpha value is -1.30. The monoisotopic (exact) mass is 311 g/mol. The third-order valence-corrected chi connectivity index (χ3v) is 3.77. The Balaban J connectivity index is 1.95. The molecule has 1 atom stereocenters. The van der Waals surface area contributed by atoms with Gasteiger partial charge in [0.2, 0.25) is 0 Å². The number of carbonyl (C=O) groups excluding carboxylic acids is 1. The van der Waals surface area contributed by atoms with E-state index < -0.39 is 0 Å². The maximum atomic E-state index is 12.4. The van der Waals surface area contributed by atoms with Crippen molar-refractivity contribution in [2.24, 2.45) is 0 Å². The van der Waals surface area contributed by atoms with Crippen molar-refractivity contribution < 1.29 is 9.53 Å². The van der Waals surface area contributed by atoms with Crippen LogP contribution in [0.2, 0.25) is 5.02 Å². The minimum Gasteiger partial charge on any atom is -0.383 e. The number of anilines is 1. The molecule has 2 rings (SSSR count). The highest BCUT2D eigenvalue weighted by atomic mass is 35.5. The van der Waals surface area contributed by atoms with Crippen molar-refractivity contribution in [3.63, 3.8) is 0 Å². The summed E-state index contributed by atoms with van der Waals surface area (Å²) in [7, 11) is 1.64. The van der Waals surface area contributed by atoms with Gasteiger partial charge in [-0.05, 0) is 37.6 Å². The minimum absolute atomic E-state index is 0.122. The molecule has 1 heterocycles. The van der Waals surface area contributed by atoms with E-state index >= 15 is 0 Å². The zero-order valence-electron chi connectivity index (χ0n) is 12.3. The van der Waals surface area contributed by atoms with E-state index in [1.54, 1.807) is 24.1 Å². The molecule has 2 amide bonds. The van der Waals surface area contributed by atoms with Gasteiger partial charge in [0.25, 0.3) is 0 Å². The third kappa shape index (κ3) is 5.19. The van der Waals surface area contributed by atoms with Gasteiger partial charge in [0, 0.05) is 37.0 Å². The first-order valence-electron chi connectivity index (χ1n) is 7.23. The lowest BCUT2D eigenvalue weighted by atomic mass is 10.2. The first-order valence-corrected chi connectivity index (χ1v) is 7.60. The van der Waals surface area contributed by atoms with Crippen LogP contribution in [0.4, 0.5) is 10.5 Å². The lowest BCUT2D eigenvalue weighted by Crippen LogP contribution is -2.44. The summed E-state index contributed by atoms with van der Waals surface area (Å²) < 4.78 is 5.09. The van der Waals surface area contributed by atoms with E-state index in [2.05, 4.69) is 10.6 Å². The van der Waals surface area contributed by atoms with Gasteiger partial charge in [0.1, 0.15) is 0 Å². The summed E-state index contributed by atoms with van der Waals surface area (Å²) in [6.45, 7) is 2.81. The van der Waals surface area contributed by atoms with Gasteiger partial charge in [-0.15, -0.1) is 0 Å². The maximum absolute atomic E-state index is 12.4. The molecule has 21 heavy (non-hydrogen) atoms. The highest BCUT2D eigenvalue weighted by Gasteiger charge is 2.21. The predicted molar refractivity (Wildman–Crippen MR) is 84.9 cm³/mol. The van der Waals surface area contributed by atoms with E-state index in [4.69, 9.17) is 16.3 Å². The highest BCUT2D eigenvalue weighted by molar-refractivity contribution is 6.30. The van der Waals surface area contributed by atoms with E-state index in [-0.39, 0.29) is 6.03 Å². The molecule has 0 aromatic heterocycles. The lowest BCUT2D eigenvalue weighted by Gasteiger charge is -2.26. The smallest absolute Gasteiger partial charge is 0.321 e. The van der Waals surface area contributed by atoms with E-state index in [9.17, 15) is 4.79 Å². The average Bonchev–Trinajstić information content (AvgIpc) is 2.96. The van der Waals surface area contributed by atoms with Gasteiger partial charge in [-0.1, -0.05) is 17.7 Å². The van der Waals surface area contributed by atoms with E-state index in [0.717, 1.165) is 13.0 Å². The molecule has 2 N–H and O–H groups in total. The number of urea groups is 1. The van der Waals surface area contributed by atoms with Crippen LogP contribution >= 0.6 is 11.6 Å². The van der Waals surface area contributed by atoms with Crippen LogP contribution in [0.25, 0.3) is 0 Å². The quantitative estimate of drug-likeness (QED) is 0.849. The summed E-state index contributed by atoms with van der Waals surface area (Å²) in [5.74, 6) is 0. The molecule has 0 saturated carbocycles. The fourth-order valence-electron chi connectivity index (χ4n) is 2.42. The minimum atomic E-state index is -0.122. The van der Waals surface area contributed by atoms with E-state index in [0.29, 0.717) is 36.4 Å². The molecule has 1 aromatic carbocycles. The predicted octanol–water partition coefficient (Wildman–Crippen LogP) is 2.57. The summed E-state index contributed by atoms with van der Waals surface area (Å²) in [5.41, 5.74) is 0.703. The molecule has 1 aliphatic heterocycles. The van der Waals surface area contributed by atoms with E-state index in [1.165, 1.54) is 6.42 Å². The number of carbonyl (C=O) groups is 1. The van der Waals surface area contributed by atoms with Gasteiger partial charge < -0.3 is 20.3 Å². The number of halogens is 1. The maximum Gasteiger partial charge on any atom is 0.321 e. The van der Waals surface area contributed by atoms with Crippen molar-refractivity contribution in [1.82, 2.24) is 10.2 Å². The number of methoxy groups -OCH3 is 1. The second-order valence-corrected chi connectivity index (χ2v) is 5.61. The second kappa shape index (κ2) is 8.22. The van der Waals surface area contributed by atoms with Gasteiger partial charge in [-0.2, -0.15) is 0 Å². The third-order valence-electron chi connectivity index (χ3n) is 3.53. The van der Waals surface area contributed by atoms with Gasteiger partial charge in [0.05, 0.1) is 6.61 Å². The zero-order valence-corrected chi connectivity index (χ0v) is 13.0. The Morgan fingerprint density at radius 3 is 3.10 bits per heavy atom.